The summed E-state index contributed by atoms with van der Waals surface area (Å²) in [6, 6.07) is 15.3. The van der Waals surface area contributed by atoms with E-state index < -0.39 is 18.4 Å². The molecule has 0 aromatic heterocycles. The minimum Gasteiger partial charge on any atom is -0.488 e. The number of ether oxygens (including phenoxy) is 1. The van der Waals surface area contributed by atoms with Crippen molar-refractivity contribution >= 4 is 21.8 Å². The van der Waals surface area contributed by atoms with Crippen LogP contribution in [0, 0.1) is 0 Å². The molecule has 1 amide bonds. The molecule has 0 heterocycles. The molecule has 0 radical (unpaired) electrons. The van der Waals surface area contributed by atoms with Gasteiger partial charge in [-0.1, -0.05) is 58.4 Å². The number of carbonyl (C=O) groups is 1. The van der Waals surface area contributed by atoms with Crippen molar-refractivity contribution in [1.82, 2.24) is 5.32 Å². The van der Waals surface area contributed by atoms with Crippen molar-refractivity contribution in [2.75, 3.05) is 11.9 Å². The fourth-order valence-electron chi connectivity index (χ4n) is 1.98. The number of amides is 1. The minimum atomic E-state index is -3.22. The van der Waals surface area contributed by atoms with Crippen LogP contribution in [0.1, 0.15) is 11.1 Å². The Morgan fingerprint density at radius 2 is 1.74 bits per heavy atom. The molecule has 0 bridgehead atoms. The molecular formula is C17H16BrF2NO2. The number of benzene rings is 2. The van der Waals surface area contributed by atoms with Crippen molar-refractivity contribution in [3.05, 3.63) is 65.7 Å². The Kier molecular flexibility index (Phi) is 6.10. The fraction of sp³-hybridized carbons (Fsp3) is 0.235. The van der Waals surface area contributed by atoms with E-state index in [9.17, 15) is 13.6 Å². The highest BCUT2D eigenvalue weighted by Gasteiger charge is 2.35. The Morgan fingerprint density at radius 1 is 1.09 bits per heavy atom. The smallest absolute Gasteiger partial charge is 0.293 e. The quantitative estimate of drug-likeness (QED) is 0.737. The molecule has 0 aliphatic rings. The van der Waals surface area contributed by atoms with E-state index in [-0.39, 0.29) is 23.2 Å². The van der Waals surface area contributed by atoms with E-state index >= 15 is 0 Å². The number of hydrogen-bond acceptors (Lipinski definition) is 2. The number of para-hydroxylation sites is 1. The largest absolute Gasteiger partial charge is 0.488 e. The lowest BCUT2D eigenvalue weighted by atomic mass is 10.1. The first-order valence-electron chi connectivity index (χ1n) is 6.99. The topological polar surface area (TPSA) is 38.3 Å². The van der Waals surface area contributed by atoms with E-state index in [1.54, 1.807) is 6.07 Å². The third-order valence-corrected chi connectivity index (χ3v) is 3.66. The predicted octanol–water partition coefficient (Wildman–Crippen LogP) is 3.87. The van der Waals surface area contributed by atoms with Crippen molar-refractivity contribution in [2.45, 2.75) is 12.5 Å². The van der Waals surface area contributed by atoms with Crippen molar-refractivity contribution in [3.63, 3.8) is 0 Å². The third kappa shape index (κ3) is 5.03. The Morgan fingerprint density at radius 3 is 2.43 bits per heavy atom. The molecule has 23 heavy (non-hydrogen) atoms. The van der Waals surface area contributed by atoms with Crippen molar-refractivity contribution in [2.24, 2.45) is 0 Å². The first-order chi connectivity index (χ1) is 11.0. The van der Waals surface area contributed by atoms with Gasteiger partial charge >= 0.3 is 0 Å². The summed E-state index contributed by atoms with van der Waals surface area (Å²) in [5.41, 5.74) is 0.643. The molecule has 0 atom stereocenters. The Labute approximate surface area is 141 Å². The monoisotopic (exact) mass is 383 g/mol. The molecule has 2 aromatic carbocycles. The first kappa shape index (κ1) is 17.4. The number of alkyl halides is 3. The number of nitrogens with one attached hydrogen (secondary N) is 1. The van der Waals surface area contributed by atoms with Crippen LogP contribution >= 0.6 is 15.9 Å². The SMILES string of the molecule is O=C(CBr)NCC(F)(F)c1ccccc1OCc1ccccc1. The van der Waals surface area contributed by atoms with E-state index in [0.29, 0.717) is 0 Å². The van der Waals surface area contributed by atoms with Gasteiger partial charge in [-0.05, 0) is 17.7 Å². The number of hydrogen-bond donors (Lipinski definition) is 1. The van der Waals surface area contributed by atoms with Crippen LogP contribution < -0.4 is 10.1 Å². The van der Waals surface area contributed by atoms with Crippen LogP contribution in [0.4, 0.5) is 8.78 Å². The van der Waals surface area contributed by atoms with Gasteiger partial charge in [0.25, 0.3) is 5.92 Å². The van der Waals surface area contributed by atoms with Gasteiger partial charge < -0.3 is 10.1 Å². The lowest BCUT2D eigenvalue weighted by molar-refractivity contribution is -0.120. The van der Waals surface area contributed by atoms with E-state index in [4.69, 9.17) is 4.74 Å². The lowest BCUT2D eigenvalue weighted by Gasteiger charge is -2.20. The average Bonchev–Trinajstić information content (AvgIpc) is 2.59. The molecule has 0 aliphatic carbocycles. The molecule has 0 aliphatic heterocycles. The summed E-state index contributed by atoms with van der Waals surface area (Å²) in [7, 11) is 0. The molecule has 0 saturated carbocycles. The molecule has 2 aromatic rings. The molecule has 6 heteroatoms. The first-order valence-corrected chi connectivity index (χ1v) is 8.12. The Balaban J connectivity index is 2.11. The molecule has 0 unspecified atom stereocenters. The zero-order valence-electron chi connectivity index (χ0n) is 12.3. The second-order valence-corrected chi connectivity index (χ2v) is 5.45. The van der Waals surface area contributed by atoms with Crippen LogP contribution in [0.25, 0.3) is 0 Å². The summed E-state index contributed by atoms with van der Waals surface area (Å²) in [6.07, 6.45) is 0. The standard InChI is InChI=1S/C17H16BrF2NO2/c18-10-16(22)21-12-17(19,20)14-8-4-5-9-15(14)23-11-13-6-2-1-3-7-13/h1-9H,10-12H2,(H,21,22). The van der Waals surface area contributed by atoms with Crippen molar-refractivity contribution in [3.8, 4) is 5.75 Å². The minimum absolute atomic E-state index is 0.0186. The van der Waals surface area contributed by atoms with Gasteiger partial charge in [0.1, 0.15) is 12.4 Å². The second kappa shape index (κ2) is 8.06. The summed E-state index contributed by atoms with van der Waals surface area (Å²) >= 11 is 2.92. The van der Waals surface area contributed by atoms with Crippen LogP contribution in [0.5, 0.6) is 5.75 Å². The van der Waals surface area contributed by atoms with Crippen LogP contribution in [-0.4, -0.2) is 17.8 Å². The maximum atomic E-state index is 14.3. The highest BCUT2D eigenvalue weighted by atomic mass is 79.9. The van der Waals surface area contributed by atoms with Gasteiger partial charge in [-0.15, -0.1) is 0 Å². The number of halogens is 3. The van der Waals surface area contributed by atoms with E-state index in [1.807, 2.05) is 30.3 Å². The Hall–Kier alpha value is -1.95. The summed E-state index contributed by atoms with van der Waals surface area (Å²) < 4.78 is 34.2. The van der Waals surface area contributed by atoms with Crippen LogP contribution in [0.15, 0.2) is 54.6 Å². The number of carbonyl (C=O) groups excluding carboxylic acids is 1. The van der Waals surface area contributed by atoms with Gasteiger partial charge in [0.15, 0.2) is 0 Å². The van der Waals surface area contributed by atoms with Gasteiger partial charge in [0.05, 0.1) is 17.4 Å². The number of rotatable bonds is 7. The van der Waals surface area contributed by atoms with Crippen LogP contribution in [-0.2, 0) is 17.3 Å². The summed E-state index contributed by atoms with van der Waals surface area (Å²) in [5, 5.41) is 2.16. The highest BCUT2D eigenvalue weighted by Crippen LogP contribution is 2.34. The van der Waals surface area contributed by atoms with E-state index in [0.717, 1.165) is 5.56 Å². The van der Waals surface area contributed by atoms with Crippen molar-refractivity contribution in [1.29, 1.82) is 0 Å². The van der Waals surface area contributed by atoms with Crippen molar-refractivity contribution < 1.29 is 18.3 Å². The van der Waals surface area contributed by atoms with E-state index in [1.165, 1.54) is 18.2 Å². The second-order valence-electron chi connectivity index (χ2n) is 4.89. The van der Waals surface area contributed by atoms with Gasteiger partial charge in [0, 0.05) is 0 Å². The van der Waals surface area contributed by atoms with Gasteiger partial charge in [-0.25, -0.2) is 0 Å². The molecule has 122 valence electrons. The zero-order valence-corrected chi connectivity index (χ0v) is 13.9. The molecule has 0 spiro atoms. The predicted molar refractivity (Wildman–Crippen MR) is 87.9 cm³/mol. The summed E-state index contributed by atoms with van der Waals surface area (Å²) in [6.45, 7) is -0.579. The van der Waals surface area contributed by atoms with Gasteiger partial charge in [-0.2, -0.15) is 8.78 Å². The third-order valence-electron chi connectivity index (χ3n) is 3.15. The zero-order chi connectivity index (χ0) is 16.7. The maximum Gasteiger partial charge on any atom is 0.293 e. The molecule has 0 saturated heterocycles. The highest BCUT2D eigenvalue weighted by molar-refractivity contribution is 9.09. The summed E-state index contributed by atoms with van der Waals surface area (Å²) in [5.74, 6) is -3.60. The van der Waals surface area contributed by atoms with Crippen LogP contribution in [0.3, 0.4) is 0 Å². The molecular weight excluding hydrogens is 368 g/mol. The molecule has 2 rings (SSSR count). The maximum absolute atomic E-state index is 14.3. The van der Waals surface area contributed by atoms with Crippen LogP contribution in [0.2, 0.25) is 0 Å². The Bertz CT molecular complexity index is 650. The molecule has 3 nitrogen and oxygen atoms in total. The normalized spacial score (nSPS) is 11.1. The average molecular weight is 384 g/mol. The van der Waals surface area contributed by atoms with E-state index in [2.05, 4.69) is 21.2 Å². The molecule has 0 fully saturated rings. The molecule has 1 N–H and O–H groups in total. The summed E-state index contributed by atoms with van der Waals surface area (Å²) in [4.78, 5) is 11.2. The lowest BCUT2D eigenvalue weighted by Crippen LogP contribution is -2.35. The van der Waals surface area contributed by atoms with Gasteiger partial charge in [0.2, 0.25) is 5.91 Å². The fourth-order valence-corrected chi connectivity index (χ4v) is 2.18. The van der Waals surface area contributed by atoms with Gasteiger partial charge in [-0.3, -0.25) is 4.79 Å².